The molecule has 4 nitrogen and oxygen atoms in total. The minimum Gasteiger partial charge on any atom is -0.423 e. The highest BCUT2D eigenvalue weighted by Gasteiger charge is 2.11. The molecule has 0 saturated heterocycles. The topological polar surface area (TPSA) is 61.9 Å². The van der Waals surface area contributed by atoms with Crippen molar-refractivity contribution < 1.29 is 4.42 Å². The summed E-state index contributed by atoms with van der Waals surface area (Å²) in [5, 5.41) is 15.6. The number of aromatic nitrogens is 1. The molecule has 0 aliphatic carbocycles. The minimum atomic E-state index is 0.308. The van der Waals surface area contributed by atoms with Gasteiger partial charge in [-0.1, -0.05) is 0 Å². The number of thiophene rings is 1. The zero-order valence-corrected chi connectivity index (χ0v) is 8.97. The number of hydrogen-bond donors (Lipinski definition) is 1. The summed E-state index contributed by atoms with van der Waals surface area (Å²) in [5.74, 6) is 0.997. The van der Waals surface area contributed by atoms with Gasteiger partial charge in [0.25, 0.3) is 0 Å². The first kappa shape index (κ1) is 9.74. The average molecular weight is 219 g/mol. The molecule has 2 aromatic rings. The lowest BCUT2D eigenvalue weighted by Gasteiger charge is -1.91. The Hall–Kier alpha value is -1.80. The SMILES string of the molecule is CNc1oc(Cc2ccsc2)nc1C#N. The fraction of sp³-hybridized carbons (Fsp3) is 0.200. The Morgan fingerprint density at radius 3 is 3.07 bits per heavy atom. The molecule has 2 heterocycles. The van der Waals surface area contributed by atoms with Gasteiger partial charge >= 0.3 is 0 Å². The van der Waals surface area contributed by atoms with Crippen molar-refractivity contribution in [2.75, 3.05) is 12.4 Å². The van der Waals surface area contributed by atoms with Crippen molar-refractivity contribution in [3.8, 4) is 6.07 Å². The van der Waals surface area contributed by atoms with Crippen LogP contribution in [0.15, 0.2) is 21.2 Å². The smallest absolute Gasteiger partial charge is 0.231 e. The zero-order chi connectivity index (χ0) is 10.7. The molecule has 15 heavy (non-hydrogen) atoms. The Labute approximate surface area is 91.2 Å². The molecular weight excluding hydrogens is 210 g/mol. The molecule has 0 fully saturated rings. The van der Waals surface area contributed by atoms with Gasteiger partial charge in [0.1, 0.15) is 6.07 Å². The van der Waals surface area contributed by atoms with E-state index in [1.807, 2.05) is 22.9 Å². The van der Waals surface area contributed by atoms with Gasteiger partial charge in [-0.3, -0.25) is 0 Å². The normalized spacial score (nSPS) is 9.87. The fourth-order valence-electron chi connectivity index (χ4n) is 1.25. The van der Waals surface area contributed by atoms with Crippen LogP contribution in [0.25, 0.3) is 0 Å². The van der Waals surface area contributed by atoms with Crippen molar-refractivity contribution in [3.63, 3.8) is 0 Å². The van der Waals surface area contributed by atoms with E-state index in [0.29, 0.717) is 23.9 Å². The van der Waals surface area contributed by atoms with Crippen molar-refractivity contribution in [1.82, 2.24) is 4.98 Å². The van der Waals surface area contributed by atoms with Gasteiger partial charge in [0.05, 0.1) is 6.42 Å². The van der Waals surface area contributed by atoms with Crippen LogP contribution < -0.4 is 5.32 Å². The minimum absolute atomic E-state index is 0.308. The maximum absolute atomic E-state index is 8.78. The summed E-state index contributed by atoms with van der Waals surface area (Å²) in [6.07, 6.45) is 0.625. The Kier molecular flexibility index (Phi) is 2.70. The monoisotopic (exact) mass is 219 g/mol. The van der Waals surface area contributed by atoms with Crippen molar-refractivity contribution in [3.05, 3.63) is 34.0 Å². The van der Waals surface area contributed by atoms with Crippen molar-refractivity contribution in [2.45, 2.75) is 6.42 Å². The van der Waals surface area contributed by atoms with E-state index in [4.69, 9.17) is 9.68 Å². The summed E-state index contributed by atoms with van der Waals surface area (Å²) >= 11 is 1.63. The third kappa shape index (κ3) is 2.00. The van der Waals surface area contributed by atoms with Crippen molar-refractivity contribution >= 4 is 17.2 Å². The van der Waals surface area contributed by atoms with Crippen LogP contribution in [0, 0.1) is 11.3 Å². The van der Waals surface area contributed by atoms with Crippen LogP contribution in [0.1, 0.15) is 17.1 Å². The number of oxazole rings is 1. The van der Waals surface area contributed by atoms with Crippen LogP contribution in [0.2, 0.25) is 0 Å². The zero-order valence-electron chi connectivity index (χ0n) is 8.15. The third-order valence-corrected chi connectivity index (χ3v) is 2.67. The van der Waals surface area contributed by atoms with E-state index in [1.54, 1.807) is 18.4 Å². The van der Waals surface area contributed by atoms with Crippen LogP contribution in [0.3, 0.4) is 0 Å². The van der Waals surface area contributed by atoms with Crippen LogP contribution in [0.4, 0.5) is 5.88 Å². The lowest BCUT2D eigenvalue weighted by atomic mass is 10.2. The van der Waals surface area contributed by atoms with E-state index in [2.05, 4.69) is 10.3 Å². The molecule has 0 aliphatic rings. The Balaban J connectivity index is 2.23. The first-order valence-electron chi connectivity index (χ1n) is 4.42. The molecule has 0 bridgehead atoms. The Morgan fingerprint density at radius 2 is 2.53 bits per heavy atom. The summed E-state index contributed by atoms with van der Waals surface area (Å²) in [4.78, 5) is 4.09. The summed E-state index contributed by atoms with van der Waals surface area (Å²) < 4.78 is 5.39. The maximum atomic E-state index is 8.78. The molecule has 1 N–H and O–H groups in total. The highest BCUT2D eigenvalue weighted by molar-refractivity contribution is 7.07. The van der Waals surface area contributed by atoms with Gasteiger partial charge < -0.3 is 9.73 Å². The molecule has 0 spiro atoms. The van der Waals surface area contributed by atoms with Gasteiger partial charge in [0.2, 0.25) is 17.5 Å². The number of anilines is 1. The Bertz CT molecular complexity index is 481. The predicted octanol–water partition coefficient (Wildman–Crippen LogP) is 2.24. The average Bonchev–Trinajstić information content (AvgIpc) is 2.87. The van der Waals surface area contributed by atoms with Crippen LogP contribution in [-0.4, -0.2) is 12.0 Å². The first-order valence-corrected chi connectivity index (χ1v) is 5.36. The third-order valence-electron chi connectivity index (χ3n) is 1.94. The molecule has 5 heteroatoms. The number of nitrogens with zero attached hydrogens (tertiary/aromatic N) is 2. The summed E-state index contributed by atoms with van der Waals surface area (Å²) in [7, 11) is 1.70. The lowest BCUT2D eigenvalue weighted by molar-refractivity contribution is 0.520. The predicted molar refractivity (Wildman–Crippen MR) is 57.9 cm³/mol. The maximum Gasteiger partial charge on any atom is 0.231 e. The van der Waals surface area contributed by atoms with Gasteiger partial charge in [0, 0.05) is 7.05 Å². The molecule has 0 aliphatic heterocycles. The van der Waals surface area contributed by atoms with Gasteiger partial charge in [0.15, 0.2) is 0 Å². The number of hydrogen-bond acceptors (Lipinski definition) is 5. The first-order chi connectivity index (χ1) is 7.33. The second-order valence-corrected chi connectivity index (χ2v) is 3.74. The van der Waals surface area contributed by atoms with Gasteiger partial charge in [-0.15, -0.1) is 0 Å². The van der Waals surface area contributed by atoms with Crippen molar-refractivity contribution in [2.24, 2.45) is 0 Å². The highest BCUT2D eigenvalue weighted by atomic mass is 32.1. The molecule has 0 unspecified atom stereocenters. The molecule has 0 saturated carbocycles. The van der Waals surface area contributed by atoms with E-state index in [0.717, 1.165) is 5.56 Å². The van der Waals surface area contributed by atoms with E-state index in [1.165, 1.54) is 0 Å². The second kappa shape index (κ2) is 4.15. The molecule has 0 aromatic carbocycles. The molecule has 76 valence electrons. The molecule has 2 aromatic heterocycles. The van der Waals surface area contributed by atoms with E-state index < -0.39 is 0 Å². The fourth-order valence-corrected chi connectivity index (χ4v) is 1.92. The van der Waals surface area contributed by atoms with E-state index >= 15 is 0 Å². The summed E-state index contributed by atoms with van der Waals surface area (Å²) in [6.45, 7) is 0. The Morgan fingerprint density at radius 1 is 1.67 bits per heavy atom. The van der Waals surface area contributed by atoms with Crippen LogP contribution in [-0.2, 0) is 6.42 Å². The molecule has 0 radical (unpaired) electrons. The van der Waals surface area contributed by atoms with Gasteiger partial charge in [-0.05, 0) is 22.4 Å². The van der Waals surface area contributed by atoms with E-state index in [9.17, 15) is 0 Å². The van der Waals surface area contributed by atoms with Crippen LogP contribution in [0.5, 0.6) is 0 Å². The quantitative estimate of drug-likeness (QED) is 0.859. The largest absolute Gasteiger partial charge is 0.423 e. The van der Waals surface area contributed by atoms with Crippen LogP contribution >= 0.6 is 11.3 Å². The number of nitriles is 1. The molecule has 2 rings (SSSR count). The number of rotatable bonds is 3. The summed E-state index contributed by atoms with van der Waals surface area (Å²) in [5.41, 5.74) is 1.45. The number of nitrogens with one attached hydrogen (secondary N) is 1. The van der Waals surface area contributed by atoms with Gasteiger partial charge in [-0.25, -0.2) is 4.98 Å². The lowest BCUT2D eigenvalue weighted by Crippen LogP contribution is -1.87. The molecular formula is C10H9N3OS. The van der Waals surface area contributed by atoms with Crippen molar-refractivity contribution in [1.29, 1.82) is 5.26 Å². The summed E-state index contributed by atoms with van der Waals surface area (Å²) in [6, 6.07) is 4.00. The second-order valence-electron chi connectivity index (χ2n) is 2.96. The van der Waals surface area contributed by atoms with E-state index in [-0.39, 0.29) is 0 Å². The highest BCUT2D eigenvalue weighted by Crippen LogP contribution is 2.19. The van der Waals surface area contributed by atoms with Gasteiger partial charge in [-0.2, -0.15) is 16.6 Å². The standard InChI is InChI=1S/C10H9N3OS/c1-12-10-8(5-11)13-9(14-10)4-7-2-3-15-6-7/h2-3,6,12H,4H2,1H3. The molecule has 0 amide bonds. The molecule has 0 atom stereocenters.